The molecule has 0 spiro atoms. The molecular weight excluding hydrogens is 501 g/mol. The van der Waals surface area contributed by atoms with E-state index in [0.717, 1.165) is 5.56 Å². The number of benzene rings is 2. The lowest BCUT2D eigenvalue weighted by Crippen LogP contribution is -2.58. The molecule has 1 heterocycles. The van der Waals surface area contributed by atoms with Crippen molar-refractivity contribution < 1.29 is 28.2 Å². The van der Waals surface area contributed by atoms with Gasteiger partial charge in [-0.05, 0) is 56.7 Å². The molecule has 2 unspecified atom stereocenters. The first-order valence-electron chi connectivity index (χ1n) is 12.3. The van der Waals surface area contributed by atoms with E-state index in [0.29, 0.717) is 36.0 Å². The Morgan fingerprint density at radius 2 is 1.81 bits per heavy atom. The number of nitrogens with zero attached hydrogens (tertiary/aromatic N) is 2. The monoisotopic (exact) mass is 533 g/mol. The van der Waals surface area contributed by atoms with Gasteiger partial charge in [0.15, 0.2) is 6.61 Å². The van der Waals surface area contributed by atoms with Gasteiger partial charge in [0.1, 0.15) is 18.0 Å². The van der Waals surface area contributed by atoms with Crippen LogP contribution in [0.5, 0.6) is 5.75 Å². The van der Waals surface area contributed by atoms with Gasteiger partial charge >= 0.3 is 5.97 Å². The smallest absolute Gasteiger partial charge is 0.315 e. The molecule has 0 bridgehead atoms. The van der Waals surface area contributed by atoms with Crippen LogP contribution in [-0.4, -0.2) is 66.0 Å². The molecule has 1 fully saturated rings. The van der Waals surface area contributed by atoms with Gasteiger partial charge in [0.25, 0.3) is 5.91 Å². The van der Waals surface area contributed by atoms with Crippen molar-refractivity contribution in [2.45, 2.75) is 52.4 Å². The van der Waals surface area contributed by atoms with Crippen LogP contribution < -0.4 is 10.1 Å². The molecule has 2 atom stereocenters. The molecule has 0 aliphatic carbocycles. The van der Waals surface area contributed by atoms with E-state index in [4.69, 9.17) is 21.1 Å². The van der Waals surface area contributed by atoms with Crippen molar-refractivity contribution in [3.8, 4) is 5.75 Å². The highest BCUT2D eigenvalue weighted by molar-refractivity contribution is 6.30. The molecule has 8 nitrogen and oxygen atoms in total. The summed E-state index contributed by atoms with van der Waals surface area (Å²) in [6.45, 7) is 7.75. The molecule has 1 aliphatic heterocycles. The molecule has 0 aromatic heterocycles. The molecule has 1 N–H and O–H groups in total. The normalized spacial score (nSPS) is 17.8. The number of nitrogens with one attached hydrogen (secondary N) is 1. The maximum atomic E-state index is 13.2. The second-order valence-electron chi connectivity index (χ2n) is 9.10. The molecule has 200 valence electrons. The number of amides is 2. The average molecular weight is 534 g/mol. The Balaban J connectivity index is 1.55. The molecule has 0 radical (unpaired) electrons. The summed E-state index contributed by atoms with van der Waals surface area (Å²) >= 11 is 6.12. The van der Waals surface area contributed by atoms with Gasteiger partial charge in [0.05, 0.1) is 6.61 Å². The number of ether oxygens (including phenoxy) is 2. The van der Waals surface area contributed by atoms with E-state index >= 15 is 0 Å². The van der Waals surface area contributed by atoms with Crippen LogP contribution in [0, 0.1) is 5.82 Å². The van der Waals surface area contributed by atoms with Crippen molar-refractivity contribution in [2.24, 2.45) is 0 Å². The molecule has 1 aliphatic rings. The number of halogens is 2. The van der Waals surface area contributed by atoms with E-state index in [9.17, 15) is 18.8 Å². The summed E-state index contributed by atoms with van der Waals surface area (Å²) in [5.74, 6) is -1.07. The van der Waals surface area contributed by atoms with Crippen molar-refractivity contribution >= 4 is 29.4 Å². The highest BCUT2D eigenvalue weighted by Crippen LogP contribution is 2.24. The fourth-order valence-electron chi connectivity index (χ4n) is 4.24. The van der Waals surface area contributed by atoms with Crippen LogP contribution in [0.4, 0.5) is 4.39 Å². The van der Waals surface area contributed by atoms with Crippen LogP contribution in [0.3, 0.4) is 0 Å². The fraction of sp³-hybridized carbons (Fsp3) is 0.444. The zero-order valence-corrected chi connectivity index (χ0v) is 22.1. The molecule has 0 saturated carbocycles. The minimum absolute atomic E-state index is 0.0281. The Kier molecular flexibility index (Phi) is 10.3. The zero-order chi connectivity index (χ0) is 26.9. The largest absolute Gasteiger partial charge is 0.483 e. The lowest BCUT2D eigenvalue weighted by Gasteiger charge is -2.44. The first-order valence-corrected chi connectivity index (χ1v) is 12.7. The second-order valence-corrected chi connectivity index (χ2v) is 9.54. The number of piperazine rings is 1. The van der Waals surface area contributed by atoms with E-state index in [2.05, 4.69) is 17.1 Å². The summed E-state index contributed by atoms with van der Waals surface area (Å²) in [4.78, 5) is 40.7. The van der Waals surface area contributed by atoms with E-state index < -0.39 is 11.9 Å². The second kappa shape index (κ2) is 13.4. The van der Waals surface area contributed by atoms with Crippen LogP contribution in [0.15, 0.2) is 42.5 Å². The van der Waals surface area contributed by atoms with E-state index in [1.54, 1.807) is 37.3 Å². The SMILES string of the molecule is CCOC(=O)CC(=O)NCc1cc(Cl)ccc1OCC(=O)N1CC(C)N(Cc2ccc(F)cc2)CC1C. The quantitative estimate of drug-likeness (QED) is 0.371. The Morgan fingerprint density at radius 1 is 1.08 bits per heavy atom. The lowest BCUT2D eigenvalue weighted by atomic mass is 10.1. The first-order chi connectivity index (χ1) is 17.7. The average Bonchev–Trinajstić information content (AvgIpc) is 2.85. The third kappa shape index (κ3) is 8.43. The Labute approximate surface area is 221 Å². The van der Waals surface area contributed by atoms with Gasteiger partial charge in [0, 0.05) is 48.8 Å². The fourth-order valence-corrected chi connectivity index (χ4v) is 4.43. The Morgan fingerprint density at radius 3 is 2.51 bits per heavy atom. The minimum Gasteiger partial charge on any atom is -0.483 e. The molecule has 1 saturated heterocycles. The predicted octanol–water partition coefficient (Wildman–Crippen LogP) is 3.55. The van der Waals surface area contributed by atoms with Crippen LogP contribution >= 0.6 is 11.6 Å². The zero-order valence-electron chi connectivity index (χ0n) is 21.3. The number of esters is 1. The molecule has 10 heteroatoms. The van der Waals surface area contributed by atoms with E-state index in [1.165, 1.54) is 12.1 Å². The highest BCUT2D eigenvalue weighted by atomic mass is 35.5. The summed E-state index contributed by atoms with van der Waals surface area (Å²) in [5, 5.41) is 3.10. The van der Waals surface area contributed by atoms with Gasteiger partial charge in [-0.2, -0.15) is 0 Å². The van der Waals surface area contributed by atoms with Crippen LogP contribution in [0.1, 0.15) is 38.3 Å². The Bertz CT molecular complexity index is 1100. The standard InChI is InChI=1S/C27H33ClFN3O5/c1-4-36-27(35)12-25(33)30-13-21-11-22(28)7-10-24(21)37-17-26(34)32-15-18(2)31(14-19(32)3)16-20-5-8-23(29)9-6-20/h5-11,18-19H,4,12-17H2,1-3H3,(H,30,33). The number of carbonyl (C=O) groups excluding carboxylic acids is 3. The van der Waals surface area contributed by atoms with Crippen molar-refractivity contribution in [2.75, 3.05) is 26.3 Å². The summed E-state index contributed by atoms with van der Waals surface area (Å²) in [5.41, 5.74) is 1.61. The van der Waals surface area contributed by atoms with Crippen molar-refractivity contribution in [3.05, 3.63) is 64.4 Å². The number of rotatable bonds is 10. The van der Waals surface area contributed by atoms with Crippen LogP contribution in [0.2, 0.25) is 5.02 Å². The Hall–Kier alpha value is -3.17. The highest BCUT2D eigenvalue weighted by Gasteiger charge is 2.32. The van der Waals surface area contributed by atoms with Crippen LogP contribution in [-0.2, 0) is 32.2 Å². The number of hydrogen-bond acceptors (Lipinski definition) is 6. The van der Waals surface area contributed by atoms with Crippen LogP contribution in [0.25, 0.3) is 0 Å². The molecule has 2 aromatic rings. The van der Waals surface area contributed by atoms with Crippen molar-refractivity contribution in [1.82, 2.24) is 15.1 Å². The number of hydrogen-bond donors (Lipinski definition) is 1. The van der Waals surface area contributed by atoms with Gasteiger partial charge in [-0.3, -0.25) is 19.3 Å². The predicted molar refractivity (Wildman–Crippen MR) is 137 cm³/mol. The third-order valence-electron chi connectivity index (χ3n) is 6.19. The summed E-state index contributed by atoms with van der Waals surface area (Å²) in [6, 6.07) is 11.5. The van der Waals surface area contributed by atoms with E-state index in [-0.39, 0.29) is 50.0 Å². The van der Waals surface area contributed by atoms with Gasteiger partial charge in [0.2, 0.25) is 5.91 Å². The lowest BCUT2D eigenvalue weighted by molar-refractivity contribution is -0.146. The summed E-state index contributed by atoms with van der Waals surface area (Å²) in [7, 11) is 0. The summed E-state index contributed by atoms with van der Waals surface area (Å²) in [6.07, 6.45) is -0.383. The third-order valence-corrected chi connectivity index (χ3v) is 6.43. The van der Waals surface area contributed by atoms with Gasteiger partial charge in [-0.25, -0.2) is 4.39 Å². The molecule has 37 heavy (non-hydrogen) atoms. The van der Waals surface area contributed by atoms with Crippen molar-refractivity contribution in [3.63, 3.8) is 0 Å². The van der Waals surface area contributed by atoms with E-state index in [1.807, 2.05) is 11.8 Å². The molecule has 3 rings (SSSR count). The molecule has 2 amide bonds. The maximum absolute atomic E-state index is 13.2. The minimum atomic E-state index is -0.603. The summed E-state index contributed by atoms with van der Waals surface area (Å²) < 4.78 is 23.8. The first kappa shape index (κ1) is 28.4. The number of carbonyl (C=O) groups is 3. The van der Waals surface area contributed by atoms with Gasteiger partial charge in [-0.15, -0.1) is 0 Å². The van der Waals surface area contributed by atoms with Gasteiger partial charge in [-0.1, -0.05) is 23.7 Å². The van der Waals surface area contributed by atoms with Gasteiger partial charge < -0.3 is 19.7 Å². The molecular formula is C27H33ClFN3O5. The van der Waals surface area contributed by atoms with Crippen molar-refractivity contribution in [1.29, 1.82) is 0 Å². The topological polar surface area (TPSA) is 88.2 Å². The molecule has 2 aromatic carbocycles. The maximum Gasteiger partial charge on any atom is 0.315 e.